The minimum atomic E-state index is -1.55. The van der Waals surface area contributed by atoms with Gasteiger partial charge in [-0.15, -0.1) is 0 Å². The Hall–Kier alpha value is -2.60. The van der Waals surface area contributed by atoms with Crippen molar-refractivity contribution in [1.29, 1.82) is 0 Å². The number of hydrogen-bond donors (Lipinski definition) is 5. The van der Waals surface area contributed by atoms with Crippen molar-refractivity contribution in [3.8, 4) is 23.0 Å². The summed E-state index contributed by atoms with van der Waals surface area (Å²) in [7, 11) is 3.07. The molecule has 7 atom stereocenters. The molecule has 0 spiro atoms. The maximum absolute atomic E-state index is 10.3. The Morgan fingerprint density at radius 1 is 0.889 bits per heavy atom. The fourth-order valence-electron chi connectivity index (χ4n) is 4.72. The molecule has 10 heteroatoms. The van der Waals surface area contributed by atoms with Crippen LogP contribution in [0.1, 0.15) is 42.1 Å². The summed E-state index contributed by atoms with van der Waals surface area (Å²) < 4.78 is 28.6. The van der Waals surface area contributed by atoms with E-state index in [1.54, 1.807) is 19.2 Å². The van der Waals surface area contributed by atoms with Gasteiger partial charge in [0.2, 0.25) is 6.29 Å². The lowest BCUT2D eigenvalue weighted by atomic mass is 9.91. The molecule has 4 rings (SSSR count). The molecule has 0 saturated carbocycles. The van der Waals surface area contributed by atoms with Crippen LogP contribution in [0.15, 0.2) is 30.3 Å². The molecule has 36 heavy (non-hydrogen) atoms. The number of aliphatic hydroxyl groups is 5. The molecule has 0 aromatic heterocycles. The molecule has 0 aliphatic carbocycles. The van der Waals surface area contributed by atoms with E-state index in [2.05, 4.69) is 13.0 Å². The monoisotopic (exact) mass is 506 g/mol. The molecule has 2 aliphatic rings. The molecule has 2 aromatic rings. The first kappa shape index (κ1) is 26.5. The van der Waals surface area contributed by atoms with Gasteiger partial charge in [-0.25, -0.2) is 0 Å². The summed E-state index contributed by atoms with van der Waals surface area (Å²) >= 11 is 0. The molecule has 198 valence electrons. The van der Waals surface area contributed by atoms with Gasteiger partial charge < -0.3 is 49.2 Å². The van der Waals surface area contributed by atoms with Crippen LogP contribution in [-0.4, -0.2) is 83.7 Å². The molecular formula is C26H34O10. The first-order valence-corrected chi connectivity index (χ1v) is 12.0. The number of aryl methyl sites for hydroxylation is 1. The Balaban J connectivity index is 1.57. The van der Waals surface area contributed by atoms with Crippen LogP contribution in [-0.2, 0) is 11.2 Å². The largest absolute Gasteiger partial charge is 0.493 e. The summed E-state index contributed by atoms with van der Waals surface area (Å²) in [4.78, 5) is 0. The van der Waals surface area contributed by atoms with Gasteiger partial charge in [0.25, 0.3) is 0 Å². The van der Waals surface area contributed by atoms with Crippen LogP contribution in [0.3, 0.4) is 0 Å². The number of methoxy groups -OCH3 is 2. The van der Waals surface area contributed by atoms with Crippen LogP contribution in [0, 0.1) is 0 Å². The second-order valence-corrected chi connectivity index (χ2v) is 9.10. The second-order valence-electron chi connectivity index (χ2n) is 9.10. The summed E-state index contributed by atoms with van der Waals surface area (Å²) in [6.45, 7) is 1.63. The van der Waals surface area contributed by atoms with Crippen molar-refractivity contribution in [2.45, 2.75) is 62.5 Å². The quantitative estimate of drug-likeness (QED) is 0.334. The normalized spacial score (nSPS) is 29.4. The van der Waals surface area contributed by atoms with Crippen molar-refractivity contribution in [2.24, 2.45) is 0 Å². The molecule has 0 amide bonds. The van der Waals surface area contributed by atoms with Crippen LogP contribution in [0.5, 0.6) is 23.0 Å². The highest BCUT2D eigenvalue weighted by Crippen LogP contribution is 2.51. The van der Waals surface area contributed by atoms with Crippen LogP contribution in [0.4, 0.5) is 0 Å². The van der Waals surface area contributed by atoms with Gasteiger partial charge in [0.15, 0.2) is 23.0 Å². The van der Waals surface area contributed by atoms with Gasteiger partial charge in [-0.2, -0.15) is 0 Å². The van der Waals surface area contributed by atoms with Crippen molar-refractivity contribution in [1.82, 2.24) is 0 Å². The molecule has 10 nitrogen and oxygen atoms in total. The highest BCUT2D eigenvalue weighted by Gasteiger charge is 2.45. The van der Waals surface area contributed by atoms with E-state index >= 15 is 0 Å². The van der Waals surface area contributed by atoms with Crippen molar-refractivity contribution < 1.29 is 49.2 Å². The fourth-order valence-corrected chi connectivity index (χ4v) is 4.72. The number of rotatable bonds is 9. The molecule has 0 bridgehead atoms. The predicted molar refractivity (Wildman–Crippen MR) is 128 cm³/mol. The minimum absolute atomic E-state index is 0.00454. The standard InChI is InChI=1S/C26H34O10/c1-13-16-9-14(5-4-8-27)10-19(33-3)25(16)36-24(13)15-6-7-17(18(11-15)32-2)34-26-23(31)22(30)21(29)20(12-28)35-26/h6-7,9-11,13,20-24,26-31H,4-5,8,12H2,1-3H3/t13-,20-,21-,22+,23-,24-,26-/m1/s1. The molecule has 0 radical (unpaired) electrons. The lowest BCUT2D eigenvalue weighted by molar-refractivity contribution is -0.277. The highest BCUT2D eigenvalue weighted by atomic mass is 16.7. The number of ether oxygens (including phenoxy) is 5. The Kier molecular flexibility index (Phi) is 8.23. The summed E-state index contributed by atoms with van der Waals surface area (Å²) in [5, 5.41) is 48.9. The summed E-state index contributed by atoms with van der Waals surface area (Å²) in [6, 6.07) is 9.26. The van der Waals surface area contributed by atoms with Gasteiger partial charge in [-0.1, -0.05) is 19.1 Å². The Bertz CT molecular complexity index is 1040. The molecule has 1 saturated heterocycles. The fraction of sp³-hybridized carbons (Fsp3) is 0.538. The van der Waals surface area contributed by atoms with Gasteiger partial charge in [-0.05, 0) is 42.2 Å². The second kappa shape index (κ2) is 11.2. The van der Waals surface area contributed by atoms with Gasteiger partial charge >= 0.3 is 0 Å². The van der Waals surface area contributed by atoms with Crippen LogP contribution >= 0.6 is 0 Å². The van der Waals surface area contributed by atoms with E-state index in [0.29, 0.717) is 23.7 Å². The molecule has 1 fully saturated rings. The summed E-state index contributed by atoms with van der Waals surface area (Å²) in [6.07, 6.45) is -5.89. The maximum atomic E-state index is 10.3. The highest BCUT2D eigenvalue weighted by molar-refractivity contribution is 5.55. The van der Waals surface area contributed by atoms with Crippen LogP contribution in [0.2, 0.25) is 0 Å². The third-order valence-corrected chi connectivity index (χ3v) is 6.78. The van der Waals surface area contributed by atoms with E-state index in [1.807, 2.05) is 12.1 Å². The van der Waals surface area contributed by atoms with Crippen molar-refractivity contribution in [2.75, 3.05) is 27.4 Å². The minimum Gasteiger partial charge on any atom is -0.493 e. The molecular weight excluding hydrogens is 472 g/mol. The zero-order chi connectivity index (χ0) is 26.0. The number of hydrogen-bond acceptors (Lipinski definition) is 10. The lowest BCUT2D eigenvalue weighted by Crippen LogP contribution is -2.60. The first-order valence-electron chi connectivity index (χ1n) is 12.0. The number of benzene rings is 2. The SMILES string of the molecule is COc1cc([C@@H]2Oc3c(OC)cc(CCCO)cc3[C@H]2C)ccc1O[C@@H]1O[C@H](CO)[C@@H](O)[C@H](O)[C@H]1O. The smallest absolute Gasteiger partial charge is 0.229 e. The van der Waals surface area contributed by atoms with E-state index < -0.39 is 37.3 Å². The number of aliphatic hydroxyl groups excluding tert-OH is 5. The maximum Gasteiger partial charge on any atom is 0.229 e. The van der Waals surface area contributed by atoms with E-state index in [1.165, 1.54) is 7.11 Å². The molecule has 2 aromatic carbocycles. The molecule has 0 unspecified atom stereocenters. The summed E-state index contributed by atoms with van der Waals surface area (Å²) in [5.41, 5.74) is 2.92. The van der Waals surface area contributed by atoms with Gasteiger partial charge in [-0.3, -0.25) is 0 Å². The molecule has 2 aliphatic heterocycles. The van der Waals surface area contributed by atoms with E-state index in [4.69, 9.17) is 23.7 Å². The molecule has 5 N–H and O–H groups in total. The van der Waals surface area contributed by atoms with E-state index in [-0.39, 0.29) is 24.4 Å². The zero-order valence-electron chi connectivity index (χ0n) is 20.5. The molecule has 2 heterocycles. The van der Waals surface area contributed by atoms with Crippen molar-refractivity contribution >= 4 is 0 Å². The van der Waals surface area contributed by atoms with Crippen LogP contribution in [0.25, 0.3) is 0 Å². The van der Waals surface area contributed by atoms with Crippen molar-refractivity contribution in [3.63, 3.8) is 0 Å². The summed E-state index contributed by atoms with van der Waals surface area (Å²) in [5.74, 6) is 1.93. The Morgan fingerprint density at radius 2 is 1.64 bits per heavy atom. The Labute approximate surface area is 209 Å². The Morgan fingerprint density at radius 3 is 2.31 bits per heavy atom. The average molecular weight is 507 g/mol. The topological polar surface area (TPSA) is 147 Å². The van der Waals surface area contributed by atoms with Gasteiger partial charge in [0, 0.05) is 18.1 Å². The van der Waals surface area contributed by atoms with E-state index in [9.17, 15) is 25.5 Å². The van der Waals surface area contributed by atoms with Gasteiger partial charge in [0.1, 0.15) is 30.5 Å². The third kappa shape index (κ3) is 4.97. The lowest BCUT2D eigenvalue weighted by Gasteiger charge is -2.39. The number of fused-ring (bicyclic) bond motifs is 1. The van der Waals surface area contributed by atoms with Crippen molar-refractivity contribution in [3.05, 3.63) is 47.0 Å². The zero-order valence-corrected chi connectivity index (χ0v) is 20.5. The average Bonchev–Trinajstić information content (AvgIpc) is 3.23. The predicted octanol–water partition coefficient (Wildman–Crippen LogP) is 1.04. The van der Waals surface area contributed by atoms with Gasteiger partial charge in [0.05, 0.1) is 20.8 Å². The van der Waals surface area contributed by atoms with Crippen LogP contribution < -0.4 is 18.9 Å². The first-order chi connectivity index (χ1) is 17.3. The van der Waals surface area contributed by atoms with E-state index in [0.717, 1.165) is 23.1 Å². The third-order valence-electron chi connectivity index (χ3n) is 6.78.